The van der Waals surface area contributed by atoms with Crippen LogP contribution < -0.4 is 0 Å². The smallest absolute Gasteiger partial charge is 0.317 e. The molecule has 4 nitrogen and oxygen atoms in total. The van der Waals surface area contributed by atoms with Gasteiger partial charge >= 0.3 is 5.97 Å². The van der Waals surface area contributed by atoms with E-state index in [4.69, 9.17) is 10.2 Å². The molecule has 0 saturated heterocycles. The number of carboxylic acids is 1. The average molecular weight is 201 g/mol. The van der Waals surface area contributed by atoms with Gasteiger partial charge in [-0.05, 0) is 32.1 Å². The molecule has 1 aliphatic carbocycles. The number of hydrogen-bond donors (Lipinski definition) is 2. The Balaban J connectivity index is 2.23. The Kier molecular flexibility index (Phi) is 4.35. The maximum atomic E-state index is 10.6. The Bertz CT molecular complexity index is 190. The van der Waals surface area contributed by atoms with Crippen molar-refractivity contribution in [1.82, 2.24) is 4.90 Å². The molecule has 0 heterocycles. The lowest BCUT2D eigenvalue weighted by molar-refractivity contribution is -0.138. The molecule has 0 aliphatic heterocycles. The molecule has 1 rings (SSSR count). The predicted octanol–water partition coefficient (Wildman–Crippen LogP) is 0.554. The first-order chi connectivity index (χ1) is 6.58. The maximum absolute atomic E-state index is 10.6. The first-order valence-electron chi connectivity index (χ1n) is 5.20. The Labute approximate surface area is 84.5 Å². The highest BCUT2D eigenvalue weighted by Crippen LogP contribution is 2.29. The van der Waals surface area contributed by atoms with E-state index in [1.54, 1.807) is 6.92 Å². The molecule has 0 spiro atoms. The molecule has 0 aromatic carbocycles. The van der Waals surface area contributed by atoms with Crippen molar-refractivity contribution in [2.24, 2.45) is 5.92 Å². The van der Waals surface area contributed by atoms with E-state index in [0.29, 0.717) is 18.9 Å². The van der Waals surface area contributed by atoms with Gasteiger partial charge in [-0.15, -0.1) is 0 Å². The molecule has 1 atom stereocenters. The van der Waals surface area contributed by atoms with E-state index in [9.17, 15) is 4.79 Å². The van der Waals surface area contributed by atoms with Crippen LogP contribution in [0.5, 0.6) is 0 Å². The molecule has 82 valence electrons. The summed E-state index contributed by atoms with van der Waals surface area (Å²) in [6.45, 7) is 3.39. The van der Waals surface area contributed by atoms with Gasteiger partial charge in [0.25, 0.3) is 0 Å². The van der Waals surface area contributed by atoms with E-state index in [2.05, 4.69) is 0 Å². The Morgan fingerprint density at radius 2 is 2.21 bits per heavy atom. The van der Waals surface area contributed by atoms with Crippen LogP contribution in [-0.4, -0.2) is 46.8 Å². The van der Waals surface area contributed by atoms with Crippen molar-refractivity contribution in [3.05, 3.63) is 0 Å². The second-order valence-corrected chi connectivity index (χ2v) is 4.21. The fourth-order valence-electron chi connectivity index (χ4n) is 1.46. The number of aliphatic hydroxyl groups is 1. The zero-order valence-electron chi connectivity index (χ0n) is 8.65. The van der Waals surface area contributed by atoms with Crippen molar-refractivity contribution in [1.29, 1.82) is 0 Å². The lowest BCUT2D eigenvalue weighted by Crippen LogP contribution is -2.33. The second kappa shape index (κ2) is 5.32. The van der Waals surface area contributed by atoms with Gasteiger partial charge in [0.2, 0.25) is 0 Å². The monoisotopic (exact) mass is 201 g/mol. The molecule has 0 amide bonds. The Morgan fingerprint density at radius 1 is 1.57 bits per heavy atom. The summed E-state index contributed by atoms with van der Waals surface area (Å²) in [6.07, 6.45) is 2.76. The van der Waals surface area contributed by atoms with Gasteiger partial charge in [0, 0.05) is 13.1 Å². The second-order valence-electron chi connectivity index (χ2n) is 4.21. The molecule has 1 unspecified atom stereocenters. The normalized spacial score (nSPS) is 18.5. The minimum absolute atomic E-state index is 0.100. The van der Waals surface area contributed by atoms with Crippen LogP contribution >= 0.6 is 0 Å². The number of carboxylic acid groups (broad SMARTS) is 1. The largest absolute Gasteiger partial charge is 0.480 e. The van der Waals surface area contributed by atoms with Crippen LogP contribution in [0.15, 0.2) is 0 Å². The SMILES string of the molecule is CC(O)CCN(CC(=O)O)CC1CC1. The molecule has 2 N–H and O–H groups in total. The molecule has 14 heavy (non-hydrogen) atoms. The zero-order valence-corrected chi connectivity index (χ0v) is 8.65. The van der Waals surface area contributed by atoms with Crippen LogP contribution in [0.4, 0.5) is 0 Å². The van der Waals surface area contributed by atoms with E-state index in [1.807, 2.05) is 4.90 Å². The highest BCUT2D eigenvalue weighted by molar-refractivity contribution is 5.69. The number of hydrogen-bond acceptors (Lipinski definition) is 3. The van der Waals surface area contributed by atoms with E-state index < -0.39 is 5.97 Å². The fourth-order valence-corrected chi connectivity index (χ4v) is 1.46. The summed E-state index contributed by atoms with van der Waals surface area (Å²) in [7, 11) is 0. The van der Waals surface area contributed by atoms with Gasteiger partial charge in [-0.2, -0.15) is 0 Å². The quantitative estimate of drug-likeness (QED) is 0.631. The molecule has 0 bridgehead atoms. The van der Waals surface area contributed by atoms with Crippen LogP contribution in [0, 0.1) is 5.92 Å². The lowest BCUT2D eigenvalue weighted by Gasteiger charge is -2.20. The average Bonchev–Trinajstić information content (AvgIpc) is 2.83. The lowest BCUT2D eigenvalue weighted by atomic mass is 10.2. The summed E-state index contributed by atoms with van der Waals surface area (Å²) >= 11 is 0. The van der Waals surface area contributed by atoms with E-state index in [0.717, 1.165) is 6.54 Å². The van der Waals surface area contributed by atoms with E-state index in [1.165, 1.54) is 12.8 Å². The van der Waals surface area contributed by atoms with Crippen LogP contribution in [0.1, 0.15) is 26.2 Å². The minimum Gasteiger partial charge on any atom is -0.480 e. The van der Waals surface area contributed by atoms with Gasteiger partial charge in [-0.3, -0.25) is 9.69 Å². The van der Waals surface area contributed by atoms with Gasteiger partial charge in [-0.1, -0.05) is 0 Å². The summed E-state index contributed by atoms with van der Waals surface area (Å²) < 4.78 is 0. The van der Waals surface area contributed by atoms with Crippen molar-refractivity contribution in [2.75, 3.05) is 19.6 Å². The first-order valence-corrected chi connectivity index (χ1v) is 5.20. The van der Waals surface area contributed by atoms with Crippen molar-refractivity contribution in [3.63, 3.8) is 0 Å². The fraction of sp³-hybridized carbons (Fsp3) is 0.900. The predicted molar refractivity (Wildman–Crippen MR) is 53.1 cm³/mol. The summed E-state index contributed by atoms with van der Waals surface area (Å²) in [6, 6.07) is 0. The third kappa shape index (κ3) is 5.19. The summed E-state index contributed by atoms with van der Waals surface area (Å²) in [5.74, 6) is -0.0837. The number of carbonyl (C=O) groups is 1. The van der Waals surface area contributed by atoms with Gasteiger partial charge in [0.15, 0.2) is 0 Å². The Morgan fingerprint density at radius 3 is 2.64 bits per heavy atom. The minimum atomic E-state index is -0.781. The van der Waals surface area contributed by atoms with Crippen molar-refractivity contribution in [3.8, 4) is 0 Å². The van der Waals surface area contributed by atoms with Gasteiger partial charge in [-0.25, -0.2) is 0 Å². The first kappa shape index (κ1) is 11.5. The molecule has 0 aromatic heterocycles. The zero-order chi connectivity index (χ0) is 10.6. The summed E-state index contributed by atoms with van der Waals surface area (Å²) in [5, 5.41) is 17.8. The Hall–Kier alpha value is -0.610. The molecule has 1 fully saturated rings. The van der Waals surface area contributed by atoms with Crippen LogP contribution in [-0.2, 0) is 4.79 Å². The molecule has 1 saturated carbocycles. The highest BCUT2D eigenvalue weighted by atomic mass is 16.4. The van der Waals surface area contributed by atoms with E-state index >= 15 is 0 Å². The molecular weight excluding hydrogens is 182 g/mol. The summed E-state index contributed by atoms with van der Waals surface area (Å²) in [4.78, 5) is 12.5. The van der Waals surface area contributed by atoms with Gasteiger partial charge in [0.05, 0.1) is 12.6 Å². The van der Waals surface area contributed by atoms with Crippen molar-refractivity contribution < 1.29 is 15.0 Å². The third-order valence-corrected chi connectivity index (χ3v) is 2.44. The standard InChI is InChI=1S/C10H19NO3/c1-8(12)4-5-11(7-10(13)14)6-9-2-3-9/h8-9,12H,2-7H2,1H3,(H,13,14). The molecule has 4 heteroatoms. The molecular formula is C10H19NO3. The van der Waals surface area contributed by atoms with E-state index in [-0.39, 0.29) is 12.6 Å². The molecule has 1 aliphatic rings. The van der Waals surface area contributed by atoms with Crippen LogP contribution in [0.25, 0.3) is 0 Å². The van der Waals surface area contributed by atoms with Crippen molar-refractivity contribution in [2.45, 2.75) is 32.3 Å². The third-order valence-electron chi connectivity index (χ3n) is 2.44. The number of aliphatic hydroxyl groups excluding tert-OH is 1. The molecule has 0 aromatic rings. The topological polar surface area (TPSA) is 60.8 Å². The molecule has 0 radical (unpaired) electrons. The highest BCUT2D eigenvalue weighted by Gasteiger charge is 2.25. The van der Waals surface area contributed by atoms with Crippen LogP contribution in [0.3, 0.4) is 0 Å². The summed E-state index contributed by atoms with van der Waals surface area (Å²) in [5.41, 5.74) is 0. The van der Waals surface area contributed by atoms with Crippen molar-refractivity contribution >= 4 is 5.97 Å². The maximum Gasteiger partial charge on any atom is 0.317 e. The number of rotatable bonds is 7. The number of nitrogens with zero attached hydrogens (tertiary/aromatic N) is 1. The number of aliphatic carboxylic acids is 1. The van der Waals surface area contributed by atoms with Gasteiger partial charge in [0.1, 0.15) is 0 Å². The van der Waals surface area contributed by atoms with Gasteiger partial charge < -0.3 is 10.2 Å². The van der Waals surface area contributed by atoms with Crippen LogP contribution in [0.2, 0.25) is 0 Å².